The molecule has 0 aliphatic carbocycles. The fourth-order valence-electron chi connectivity index (χ4n) is 0.892. The van der Waals surface area contributed by atoms with Crippen molar-refractivity contribution in [2.75, 3.05) is 13.6 Å². The van der Waals surface area contributed by atoms with Gasteiger partial charge in [0.15, 0.2) is 19.3 Å². The first-order chi connectivity index (χ1) is 5.47. The van der Waals surface area contributed by atoms with Crippen LogP contribution in [-0.2, 0) is 14.2 Å². The van der Waals surface area contributed by atoms with Crippen molar-refractivity contribution in [3.05, 3.63) is 24.2 Å². The van der Waals surface area contributed by atoms with Gasteiger partial charge < -0.3 is 18.6 Å². The number of hydrogen-bond donors (Lipinski definition) is 0. The maximum Gasteiger partial charge on any atom is 0.221 e. The smallest absolute Gasteiger partial charge is 0.221 e. The zero-order valence-electron chi connectivity index (χ0n) is 5.86. The lowest BCUT2D eigenvalue weighted by Crippen LogP contribution is -2.19. The Labute approximate surface area is 63.7 Å². The number of furan rings is 1. The summed E-state index contributed by atoms with van der Waals surface area (Å²) in [5, 5.41) is 0. The molecule has 2 rings (SSSR count). The molecule has 1 aromatic rings. The summed E-state index contributed by atoms with van der Waals surface area (Å²) in [6.45, 7) is 0.511. The number of rotatable bonds is 1. The Bertz CT molecular complexity index is 200. The molecule has 0 radical (unpaired) electrons. The van der Waals surface area contributed by atoms with Gasteiger partial charge in [0, 0.05) is 0 Å². The largest absolute Gasteiger partial charge is 0.464 e. The second-order valence-electron chi connectivity index (χ2n) is 2.12. The Morgan fingerprint density at radius 3 is 2.73 bits per heavy atom. The van der Waals surface area contributed by atoms with Crippen LogP contribution in [0.25, 0.3) is 0 Å². The van der Waals surface area contributed by atoms with E-state index in [9.17, 15) is 0 Å². The van der Waals surface area contributed by atoms with Gasteiger partial charge in [0.1, 0.15) is 0 Å². The van der Waals surface area contributed by atoms with Crippen LogP contribution in [0, 0.1) is 0 Å². The molecule has 0 saturated carbocycles. The molecule has 4 heteroatoms. The molecule has 0 atom stereocenters. The van der Waals surface area contributed by atoms with E-state index in [-0.39, 0.29) is 13.6 Å². The minimum absolute atomic E-state index is 0.255. The van der Waals surface area contributed by atoms with E-state index in [4.69, 9.17) is 18.6 Å². The van der Waals surface area contributed by atoms with E-state index in [0.717, 1.165) is 0 Å². The fraction of sp³-hybridized carbons (Fsp3) is 0.429. The molecular formula is C7H8O4. The summed E-state index contributed by atoms with van der Waals surface area (Å²) >= 11 is 0. The molecule has 4 nitrogen and oxygen atoms in total. The van der Waals surface area contributed by atoms with Crippen LogP contribution < -0.4 is 0 Å². The first-order valence-corrected chi connectivity index (χ1v) is 3.31. The van der Waals surface area contributed by atoms with E-state index in [2.05, 4.69) is 0 Å². The molecule has 11 heavy (non-hydrogen) atoms. The van der Waals surface area contributed by atoms with Crippen LogP contribution in [0.3, 0.4) is 0 Å². The van der Waals surface area contributed by atoms with Crippen LogP contribution in [0.5, 0.6) is 0 Å². The molecule has 0 unspecified atom stereocenters. The van der Waals surface area contributed by atoms with Gasteiger partial charge in [-0.1, -0.05) is 0 Å². The van der Waals surface area contributed by atoms with Gasteiger partial charge in [-0.2, -0.15) is 0 Å². The molecule has 1 fully saturated rings. The molecule has 1 aromatic heterocycles. The van der Waals surface area contributed by atoms with Crippen molar-refractivity contribution in [3.8, 4) is 0 Å². The van der Waals surface area contributed by atoms with Crippen molar-refractivity contribution in [2.45, 2.75) is 6.29 Å². The van der Waals surface area contributed by atoms with E-state index in [1.807, 2.05) is 0 Å². The Morgan fingerprint density at radius 2 is 2.09 bits per heavy atom. The van der Waals surface area contributed by atoms with Gasteiger partial charge in [0.25, 0.3) is 0 Å². The molecule has 1 saturated heterocycles. The highest BCUT2D eigenvalue weighted by Crippen LogP contribution is 2.21. The second-order valence-corrected chi connectivity index (χ2v) is 2.12. The summed E-state index contributed by atoms with van der Waals surface area (Å²) in [6, 6.07) is 3.59. The van der Waals surface area contributed by atoms with E-state index >= 15 is 0 Å². The summed E-state index contributed by atoms with van der Waals surface area (Å²) in [5.41, 5.74) is 0. The molecule has 2 heterocycles. The van der Waals surface area contributed by atoms with Crippen molar-refractivity contribution in [2.24, 2.45) is 0 Å². The average Bonchev–Trinajstić information content (AvgIpc) is 2.58. The van der Waals surface area contributed by atoms with Gasteiger partial charge >= 0.3 is 0 Å². The highest BCUT2D eigenvalue weighted by molar-refractivity contribution is 4.99. The van der Waals surface area contributed by atoms with E-state index in [1.165, 1.54) is 0 Å². The first-order valence-electron chi connectivity index (χ1n) is 3.31. The Kier molecular flexibility index (Phi) is 1.89. The predicted molar refractivity (Wildman–Crippen MR) is 34.4 cm³/mol. The summed E-state index contributed by atoms with van der Waals surface area (Å²) < 4.78 is 20.0. The Morgan fingerprint density at radius 1 is 1.27 bits per heavy atom. The Balaban J connectivity index is 2.04. The molecular weight excluding hydrogens is 148 g/mol. The summed E-state index contributed by atoms with van der Waals surface area (Å²) in [7, 11) is 0. The van der Waals surface area contributed by atoms with E-state index in [0.29, 0.717) is 5.76 Å². The lowest BCUT2D eigenvalue weighted by atomic mass is 10.4. The van der Waals surface area contributed by atoms with Gasteiger partial charge in [-0.25, -0.2) is 0 Å². The van der Waals surface area contributed by atoms with Crippen molar-refractivity contribution in [3.63, 3.8) is 0 Å². The van der Waals surface area contributed by atoms with Crippen LogP contribution >= 0.6 is 0 Å². The van der Waals surface area contributed by atoms with Crippen LogP contribution in [0.4, 0.5) is 0 Å². The summed E-state index contributed by atoms with van der Waals surface area (Å²) in [5.74, 6) is 0.674. The second kappa shape index (κ2) is 3.04. The quantitative estimate of drug-likeness (QED) is 0.613. The maximum atomic E-state index is 5.08. The third-order valence-corrected chi connectivity index (χ3v) is 1.38. The summed E-state index contributed by atoms with van der Waals surface area (Å²) in [4.78, 5) is 0. The molecule has 0 amide bonds. The molecule has 1 aliphatic heterocycles. The van der Waals surface area contributed by atoms with E-state index in [1.54, 1.807) is 18.4 Å². The van der Waals surface area contributed by atoms with Gasteiger partial charge in [-0.3, -0.25) is 0 Å². The molecule has 60 valence electrons. The lowest BCUT2D eigenvalue weighted by Gasteiger charge is -2.20. The zero-order chi connectivity index (χ0) is 7.52. The van der Waals surface area contributed by atoms with Gasteiger partial charge in [-0.15, -0.1) is 0 Å². The molecule has 0 spiro atoms. The Hall–Kier alpha value is -0.840. The van der Waals surface area contributed by atoms with Crippen molar-refractivity contribution >= 4 is 0 Å². The molecule has 0 aromatic carbocycles. The normalized spacial score (nSPS) is 20.4. The lowest BCUT2D eigenvalue weighted by molar-refractivity contribution is -0.308. The number of hydrogen-bond acceptors (Lipinski definition) is 4. The van der Waals surface area contributed by atoms with Crippen LogP contribution in [0.2, 0.25) is 0 Å². The van der Waals surface area contributed by atoms with Gasteiger partial charge in [0.05, 0.1) is 6.26 Å². The third-order valence-electron chi connectivity index (χ3n) is 1.38. The standard InChI is InChI=1S/C7H8O4/c1-2-6(9-3-1)7-10-4-8-5-11-7/h1-3,7H,4-5H2. The fourth-order valence-corrected chi connectivity index (χ4v) is 0.892. The first kappa shape index (κ1) is 6.84. The van der Waals surface area contributed by atoms with Crippen molar-refractivity contribution < 1.29 is 18.6 Å². The SMILES string of the molecule is c1coc(C2OCOCO2)c1. The van der Waals surface area contributed by atoms with Gasteiger partial charge in [-0.05, 0) is 12.1 Å². The summed E-state index contributed by atoms with van der Waals surface area (Å²) in [6.07, 6.45) is 1.18. The average molecular weight is 156 g/mol. The van der Waals surface area contributed by atoms with Crippen LogP contribution in [0.15, 0.2) is 22.8 Å². The zero-order valence-corrected chi connectivity index (χ0v) is 5.86. The van der Waals surface area contributed by atoms with Crippen LogP contribution in [0.1, 0.15) is 12.1 Å². The molecule has 1 aliphatic rings. The van der Waals surface area contributed by atoms with E-state index < -0.39 is 6.29 Å². The van der Waals surface area contributed by atoms with Crippen molar-refractivity contribution in [1.29, 1.82) is 0 Å². The molecule has 0 N–H and O–H groups in total. The molecule has 0 bridgehead atoms. The van der Waals surface area contributed by atoms with Gasteiger partial charge in [0.2, 0.25) is 6.29 Å². The predicted octanol–water partition coefficient (Wildman–Crippen LogP) is 1.26. The number of ether oxygens (including phenoxy) is 3. The van der Waals surface area contributed by atoms with Crippen molar-refractivity contribution in [1.82, 2.24) is 0 Å². The monoisotopic (exact) mass is 156 g/mol. The topological polar surface area (TPSA) is 40.8 Å². The minimum Gasteiger partial charge on any atom is -0.464 e. The highest BCUT2D eigenvalue weighted by atomic mass is 16.8. The van der Waals surface area contributed by atoms with Crippen LogP contribution in [-0.4, -0.2) is 13.6 Å². The maximum absolute atomic E-state index is 5.08. The highest BCUT2D eigenvalue weighted by Gasteiger charge is 2.18. The minimum atomic E-state index is -0.404. The third kappa shape index (κ3) is 1.42.